The van der Waals surface area contributed by atoms with Gasteiger partial charge in [0.25, 0.3) is 0 Å². The minimum absolute atomic E-state index is 0.422. The van der Waals surface area contributed by atoms with E-state index in [1.54, 1.807) is 38.4 Å². The van der Waals surface area contributed by atoms with E-state index in [-0.39, 0.29) is 0 Å². The lowest BCUT2D eigenvalue weighted by molar-refractivity contribution is 0.0884. The molecule has 5 heteroatoms. The molecule has 0 aliphatic carbocycles. The topological polar surface area (TPSA) is 51.6 Å². The second-order valence-electron chi connectivity index (χ2n) is 4.54. The number of pyridine rings is 1. The van der Waals surface area contributed by atoms with Crippen molar-refractivity contribution in [3.05, 3.63) is 46.1 Å². The SMILES string of the molecule is COc1ccc2c(c1)[C@@](C)(O)c1cc(Br)cnc1O2. The van der Waals surface area contributed by atoms with Crippen molar-refractivity contribution < 1.29 is 14.6 Å². The van der Waals surface area contributed by atoms with Gasteiger partial charge >= 0.3 is 0 Å². The molecule has 2 heterocycles. The third-order valence-corrected chi connectivity index (χ3v) is 3.69. The zero-order chi connectivity index (χ0) is 13.6. The second-order valence-corrected chi connectivity index (χ2v) is 5.46. The molecule has 3 rings (SSSR count). The highest BCUT2D eigenvalue weighted by molar-refractivity contribution is 9.10. The lowest BCUT2D eigenvalue weighted by Crippen LogP contribution is -2.28. The number of halogens is 1. The quantitative estimate of drug-likeness (QED) is 0.876. The summed E-state index contributed by atoms with van der Waals surface area (Å²) in [6, 6.07) is 7.15. The fourth-order valence-corrected chi connectivity index (χ4v) is 2.54. The maximum absolute atomic E-state index is 10.8. The van der Waals surface area contributed by atoms with E-state index >= 15 is 0 Å². The molecule has 1 N–H and O–H groups in total. The van der Waals surface area contributed by atoms with E-state index in [1.807, 2.05) is 6.07 Å². The van der Waals surface area contributed by atoms with Crippen molar-refractivity contribution in [1.29, 1.82) is 0 Å². The maximum atomic E-state index is 10.8. The molecule has 2 aromatic rings. The molecular formula is C14H12BrNO3. The number of aliphatic hydroxyl groups is 1. The van der Waals surface area contributed by atoms with Gasteiger partial charge in [0.05, 0.1) is 12.7 Å². The molecule has 19 heavy (non-hydrogen) atoms. The van der Waals surface area contributed by atoms with Gasteiger partial charge in [0.15, 0.2) is 0 Å². The molecule has 1 atom stereocenters. The van der Waals surface area contributed by atoms with Gasteiger partial charge in [-0.3, -0.25) is 0 Å². The molecule has 0 spiro atoms. The summed E-state index contributed by atoms with van der Waals surface area (Å²) in [4.78, 5) is 4.20. The largest absolute Gasteiger partial charge is 0.497 e. The van der Waals surface area contributed by atoms with Crippen LogP contribution in [0.2, 0.25) is 0 Å². The third kappa shape index (κ3) is 1.89. The lowest BCUT2D eigenvalue weighted by Gasteiger charge is -2.32. The molecule has 1 aliphatic rings. The standard InChI is InChI=1S/C14H12BrNO3/c1-14(17)10-6-9(18-2)3-4-12(10)19-13-11(14)5-8(15)7-16-13/h3-7,17H,1-2H3/t14-/m1/s1. The molecule has 0 amide bonds. The predicted molar refractivity (Wildman–Crippen MR) is 73.7 cm³/mol. The summed E-state index contributed by atoms with van der Waals surface area (Å²) in [5.74, 6) is 1.69. The monoisotopic (exact) mass is 321 g/mol. The predicted octanol–water partition coefficient (Wildman–Crippen LogP) is 3.21. The highest BCUT2D eigenvalue weighted by Gasteiger charge is 2.37. The minimum atomic E-state index is -1.17. The van der Waals surface area contributed by atoms with Crippen molar-refractivity contribution in [2.24, 2.45) is 0 Å². The Balaban J connectivity index is 2.22. The highest BCUT2D eigenvalue weighted by atomic mass is 79.9. The average Bonchev–Trinajstić information content (AvgIpc) is 2.40. The van der Waals surface area contributed by atoms with Crippen LogP contribution in [0.25, 0.3) is 0 Å². The normalized spacial score (nSPS) is 20.2. The number of ether oxygens (including phenoxy) is 2. The number of hydrogen-bond acceptors (Lipinski definition) is 4. The Hall–Kier alpha value is -1.59. The van der Waals surface area contributed by atoms with Crippen LogP contribution >= 0.6 is 15.9 Å². The van der Waals surface area contributed by atoms with Crippen molar-refractivity contribution in [3.63, 3.8) is 0 Å². The van der Waals surface area contributed by atoms with E-state index in [4.69, 9.17) is 9.47 Å². The first kappa shape index (κ1) is 12.4. The Morgan fingerprint density at radius 2 is 2.11 bits per heavy atom. The Bertz CT molecular complexity index is 655. The lowest BCUT2D eigenvalue weighted by atomic mass is 9.86. The summed E-state index contributed by atoms with van der Waals surface area (Å²) in [5.41, 5.74) is 0.121. The van der Waals surface area contributed by atoms with Crippen LogP contribution in [0.3, 0.4) is 0 Å². The minimum Gasteiger partial charge on any atom is -0.497 e. The van der Waals surface area contributed by atoms with Crippen LogP contribution in [0.15, 0.2) is 34.9 Å². The van der Waals surface area contributed by atoms with E-state index in [2.05, 4.69) is 20.9 Å². The molecule has 0 unspecified atom stereocenters. The maximum Gasteiger partial charge on any atom is 0.225 e. The highest BCUT2D eigenvalue weighted by Crippen LogP contribution is 2.47. The van der Waals surface area contributed by atoms with Crippen LogP contribution in [-0.2, 0) is 5.60 Å². The summed E-state index contributed by atoms with van der Waals surface area (Å²) >= 11 is 3.36. The zero-order valence-electron chi connectivity index (χ0n) is 10.5. The fraction of sp³-hybridized carbons (Fsp3) is 0.214. The molecule has 1 aliphatic heterocycles. The van der Waals surface area contributed by atoms with Gasteiger partial charge < -0.3 is 14.6 Å². The first-order valence-corrected chi connectivity index (χ1v) is 6.56. The number of rotatable bonds is 1. The van der Waals surface area contributed by atoms with Crippen LogP contribution in [-0.4, -0.2) is 17.2 Å². The zero-order valence-corrected chi connectivity index (χ0v) is 12.1. The summed E-state index contributed by atoms with van der Waals surface area (Å²) in [6.45, 7) is 1.72. The summed E-state index contributed by atoms with van der Waals surface area (Å²) < 4.78 is 11.7. The first-order valence-electron chi connectivity index (χ1n) is 5.77. The van der Waals surface area contributed by atoms with E-state index < -0.39 is 5.60 Å². The van der Waals surface area contributed by atoms with Gasteiger partial charge in [0, 0.05) is 16.2 Å². The molecule has 0 saturated heterocycles. The van der Waals surface area contributed by atoms with Crippen molar-refractivity contribution in [2.45, 2.75) is 12.5 Å². The number of fused-ring (bicyclic) bond motifs is 2. The molecule has 0 radical (unpaired) electrons. The average molecular weight is 322 g/mol. The summed E-state index contributed by atoms with van der Waals surface area (Å²) in [7, 11) is 1.59. The van der Waals surface area contributed by atoms with Crippen LogP contribution < -0.4 is 9.47 Å². The summed E-state index contributed by atoms with van der Waals surface area (Å²) in [6.07, 6.45) is 1.64. The molecule has 0 bridgehead atoms. The second kappa shape index (κ2) is 4.21. The number of hydrogen-bond donors (Lipinski definition) is 1. The molecule has 98 valence electrons. The Morgan fingerprint density at radius 3 is 2.84 bits per heavy atom. The van der Waals surface area contributed by atoms with E-state index in [9.17, 15) is 5.11 Å². The molecule has 0 saturated carbocycles. The van der Waals surface area contributed by atoms with Gasteiger partial charge in [0.2, 0.25) is 5.88 Å². The Morgan fingerprint density at radius 1 is 1.32 bits per heavy atom. The smallest absolute Gasteiger partial charge is 0.225 e. The van der Waals surface area contributed by atoms with Crippen molar-refractivity contribution in [2.75, 3.05) is 7.11 Å². The van der Waals surface area contributed by atoms with Gasteiger partial charge in [-0.2, -0.15) is 0 Å². The molecule has 0 fully saturated rings. The summed E-state index contributed by atoms with van der Waals surface area (Å²) in [5, 5.41) is 10.8. The number of nitrogens with zero attached hydrogens (tertiary/aromatic N) is 1. The van der Waals surface area contributed by atoms with E-state index in [0.717, 1.165) is 4.47 Å². The van der Waals surface area contributed by atoms with Gasteiger partial charge in [-0.15, -0.1) is 0 Å². The third-order valence-electron chi connectivity index (χ3n) is 3.26. The van der Waals surface area contributed by atoms with Crippen molar-refractivity contribution in [1.82, 2.24) is 4.98 Å². The molecule has 1 aromatic heterocycles. The van der Waals surface area contributed by atoms with E-state index in [0.29, 0.717) is 28.5 Å². The number of aromatic nitrogens is 1. The van der Waals surface area contributed by atoms with E-state index in [1.165, 1.54) is 0 Å². The number of benzene rings is 1. The number of methoxy groups -OCH3 is 1. The van der Waals surface area contributed by atoms with Crippen molar-refractivity contribution in [3.8, 4) is 17.4 Å². The molecule has 4 nitrogen and oxygen atoms in total. The molecule has 1 aromatic carbocycles. The van der Waals surface area contributed by atoms with Gasteiger partial charge in [0.1, 0.15) is 17.1 Å². The van der Waals surface area contributed by atoms with Crippen LogP contribution in [0.1, 0.15) is 18.1 Å². The van der Waals surface area contributed by atoms with Gasteiger partial charge in [-0.25, -0.2) is 4.98 Å². The van der Waals surface area contributed by atoms with Crippen molar-refractivity contribution >= 4 is 15.9 Å². The fourth-order valence-electron chi connectivity index (χ4n) is 2.21. The van der Waals surface area contributed by atoms with Gasteiger partial charge in [-0.1, -0.05) is 0 Å². The van der Waals surface area contributed by atoms with Crippen LogP contribution in [0, 0.1) is 0 Å². The van der Waals surface area contributed by atoms with Crippen LogP contribution in [0.4, 0.5) is 0 Å². The Kier molecular flexibility index (Phi) is 2.76. The van der Waals surface area contributed by atoms with Gasteiger partial charge in [-0.05, 0) is 47.1 Å². The van der Waals surface area contributed by atoms with Crippen LogP contribution in [0.5, 0.6) is 17.4 Å². The molecular weight excluding hydrogens is 310 g/mol. The first-order chi connectivity index (χ1) is 9.02. The Labute approximate surface area is 119 Å².